The van der Waals surface area contributed by atoms with Crippen molar-refractivity contribution in [3.05, 3.63) is 66.6 Å². The minimum absolute atomic E-state index is 0.0778. The molecule has 7 nitrogen and oxygen atoms in total. The van der Waals surface area contributed by atoms with Crippen molar-refractivity contribution < 1.29 is 13.2 Å². The number of hydrogen-bond acceptors (Lipinski definition) is 5. The fourth-order valence-electron chi connectivity index (χ4n) is 2.16. The zero-order valence-electron chi connectivity index (χ0n) is 13.7. The smallest absolute Gasteiger partial charge is 0.266 e. The van der Waals surface area contributed by atoms with Crippen molar-refractivity contribution in [3.63, 3.8) is 0 Å². The average Bonchev–Trinajstić information content (AvgIpc) is 3.12. The van der Waals surface area contributed by atoms with Crippen LogP contribution in [0.4, 0.5) is 5.82 Å². The van der Waals surface area contributed by atoms with E-state index in [4.69, 9.17) is 4.74 Å². The summed E-state index contributed by atoms with van der Waals surface area (Å²) < 4.78 is 34.7. The van der Waals surface area contributed by atoms with Gasteiger partial charge in [0.2, 0.25) is 0 Å². The molecule has 0 atom stereocenters. The highest BCUT2D eigenvalue weighted by Gasteiger charge is 2.19. The van der Waals surface area contributed by atoms with E-state index in [0.29, 0.717) is 18.9 Å². The van der Waals surface area contributed by atoms with Crippen molar-refractivity contribution in [2.24, 2.45) is 0 Å². The fourth-order valence-corrected chi connectivity index (χ4v) is 3.13. The van der Waals surface area contributed by atoms with Gasteiger partial charge in [-0.3, -0.25) is 9.40 Å². The molecule has 1 aromatic carbocycles. The first-order valence-corrected chi connectivity index (χ1v) is 9.24. The van der Waals surface area contributed by atoms with Gasteiger partial charge in [0, 0.05) is 18.9 Å². The van der Waals surface area contributed by atoms with Crippen LogP contribution >= 0.6 is 0 Å². The van der Waals surface area contributed by atoms with Crippen LogP contribution in [0.15, 0.2) is 66.0 Å². The van der Waals surface area contributed by atoms with E-state index in [0.717, 1.165) is 5.56 Å². The molecule has 130 valence electrons. The number of benzene rings is 1. The van der Waals surface area contributed by atoms with Gasteiger partial charge >= 0.3 is 0 Å². The number of aryl methyl sites for hydroxylation is 1. The molecule has 0 spiro atoms. The summed E-state index contributed by atoms with van der Waals surface area (Å²) in [6.45, 7) is 2.78. The Morgan fingerprint density at radius 2 is 1.96 bits per heavy atom. The van der Waals surface area contributed by atoms with Crippen molar-refractivity contribution in [2.75, 3.05) is 4.72 Å². The van der Waals surface area contributed by atoms with Gasteiger partial charge in [-0.1, -0.05) is 30.3 Å². The number of anilines is 1. The van der Waals surface area contributed by atoms with E-state index < -0.39 is 10.0 Å². The standard InChI is InChI=1S/C17H18N4O3S/c1-2-21-12-15(11-19-21)25(22,23)20-17-16(9-6-10-18-17)24-13-14-7-4-3-5-8-14/h3-12H,2,13H2,1H3,(H,18,20). The molecule has 0 aliphatic carbocycles. The van der Waals surface area contributed by atoms with E-state index in [1.807, 2.05) is 37.3 Å². The number of sulfonamides is 1. The van der Waals surface area contributed by atoms with Gasteiger partial charge in [-0.2, -0.15) is 5.10 Å². The number of pyridine rings is 1. The topological polar surface area (TPSA) is 86.1 Å². The summed E-state index contributed by atoms with van der Waals surface area (Å²) in [5.74, 6) is 0.500. The van der Waals surface area contributed by atoms with E-state index in [-0.39, 0.29) is 10.7 Å². The normalized spacial score (nSPS) is 11.2. The third kappa shape index (κ3) is 4.16. The van der Waals surface area contributed by atoms with Gasteiger partial charge in [-0.25, -0.2) is 13.4 Å². The Labute approximate surface area is 146 Å². The lowest BCUT2D eigenvalue weighted by atomic mass is 10.2. The van der Waals surface area contributed by atoms with E-state index in [2.05, 4.69) is 14.8 Å². The molecule has 8 heteroatoms. The maximum absolute atomic E-state index is 12.5. The lowest BCUT2D eigenvalue weighted by Gasteiger charge is -2.12. The number of nitrogens with zero attached hydrogens (tertiary/aromatic N) is 3. The zero-order chi connectivity index (χ0) is 17.7. The molecule has 0 radical (unpaired) electrons. The predicted molar refractivity (Wildman–Crippen MR) is 93.7 cm³/mol. The lowest BCUT2D eigenvalue weighted by Crippen LogP contribution is -2.14. The van der Waals surface area contributed by atoms with Crippen LogP contribution in [0.2, 0.25) is 0 Å². The van der Waals surface area contributed by atoms with Crippen molar-refractivity contribution in [2.45, 2.75) is 25.0 Å². The van der Waals surface area contributed by atoms with E-state index in [1.54, 1.807) is 16.8 Å². The second-order valence-corrected chi connectivity index (χ2v) is 6.94. The Balaban J connectivity index is 1.78. The summed E-state index contributed by atoms with van der Waals surface area (Å²) >= 11 is 0. The number of hydrogen-bond donors (Lipinski definition) is 1. The Hall–Kier alpha value is -2.87. The predicted octanol–water partition coefficient (Wildman–Crippen LogP) is 2.68. The summed E-state index contributed by atoms with van der Waals surface area (Å²) in [5.41, 5.74) is 0.976. The van der Waals surface area contributed by atoms with Crippen LogP contribution in [0, 0.1) is 0 Å². The first-order valence-electron chi connectivity index (χ1n) is 7.75. The Bertz CT molecular complexity index is 939. The molecule has 0 bridgehead atoms. The highest BCUT2D eigenvalue weighted by atomic mass is 32.2. The van der Waals surface area contributed by atoms with Crippen LogP contribution in [0.3, 0.4) is 0 Å². The van der Waals surface area contributed by atoms with Crippen LogP contribution in [0.1, 0.15) is 12.5 Å². The lowest BCUT2D eigenvalue weighted by molar-refractivity contribution is 0.307. The molecule has 3 rings (SSSR count). The van der Waals surface area contributed by atoms with Gasteiger partial charge in [0.05, 0.1) is 6.20 Å². The molecule has 0 fully saturated rings. The molecule has 0 aliphatic rings. The molecule has 0 aliphatic heterocycles. The number of nitrogens with one attached hydrogen (secondary N) is 1. The number of rotatable bonds is 7. The van der Waals surface area contributed by atoms with Crippen LogP contribution < -0.4 is 9.46 Å². The highest BCUT2D eigenvalue weighted by Crippen LogP contribution is 2.25. The number of ether oxygens (including phenoxy) is 1. The van der Waals surface area contributed by atoms with Gasteiger partial charge in [-0.15, -0.1) is 0 Å². The van der Waals surface area contributed by atoms with Gasteiger partial charge in [0.25, 0.3) is 10.0 Å². The molecule has 0 saturated heterocycles. The van der Waals surface area contributed by atoms with Crippen LogP contribution in [-0.2, 0) is 23.2 Å². The Kier molecular flexibility index (Phi) is 4.99. The third-order valence-corrected chi connectivity index (χ3v) is 4.78. The largest absolute Gasteiger partial charge is 0.485 e. The van der Waals surface area contributed by atoms with Crippen molar-refractivity contribution in [1.82, 2.24) is 14.8 Å². The summed E-state index contributed by atoms with van der Waals surface area (Å²) in [4.78, 5) is 4.16. The maximum Gasteiger partial charge on any atom is 0.266 e. The maximum atomic E-state index is 12.5. The quantitative estimate of drug-likeness (QED) is 0.702. The van der Waals surface area contributed by atoms with Crippen LogP contribution in [0.25, 0.3) is 0 Å². The first kappa shape index (κ1) is 17.0. The van der Waals surface area contributed by atoms with Gasteiger partial charge in [0.15, 0.2) is 11.6 Å². The highest BCUT2D eigenvalue weighted by molar-refractivity contribution is 7.92. The molecule has 0 unspecified atom stereocenters. The third-order valence-electron chi connectivity index (χ3n) is 3.48. The summed E-state index contributed by atoms with van der Waals surface area (Å²) in [7, 11) is -3.78. The Morgan fingerprint density at radius 1 is 1.16 bits per heavy atom. The van der Waals surface area contributed by atoms with Crippen molar-refractivity contribution in [1.29, 1.82) is 0 Å². The molecular weight excluding hydrogens is 340 g/mol. The molecule has 3 aromatic rings. The minimum atomic E-state index is -3.78. The van der Waals surface area contributed by atoms with Crippen LogP contribution in [-0.4, -0.2) is 23.2 Å². The molecule has 25 heavy (non-hydrogen) atoms. The van der Waals surface area contributed by atoms with Gasteiger partial charge < -0.3 is 4.74 Å². The molecule has 0 saturated carbocycles. The Morgan fingerprint density at radius 3 is 2.68 bits per heavy atom. The molecule has 2 aromatic heterocycles. The first-order chi connectivity index (χ1) is 12.1. The van der Waals surface area contributed by atoms with Crippen molar-refractivity contribution in [3.8, 4) is 5.75 Å². The van der Waals surface area contributed by atoms with E-state index in [1.165, 1.54) is 18.6 Å². The van der Waals surface area contributed by atoms with Gasteiger partial charge in [-0.05, 0) is 24.6 Å². The SMILES string of the molecule is CCn1cc(S(=O)(=O)Nc2ncccc2OCc2ccccc2)cn1. The van der Waals surface area contributed by atoms with Gasteiger partial charge in [0.1, 0.15) is 11.5 Å². The zero-order valence-corrected chi connectivity index (χ0v) is 14.5. The monoisotopic (exact) mass is 358 g/mol. The number of aromatic nitrogens is 3. The fraction of sp³-hybridized carbons (Fsp3) is 0.176. The van der Waals surface area contributed by atoms with Crippen molar-refractivity contribution >= 4 is 15.8 Å². The summed E-state index contributed by atoms with van der Waals surface area (Å²) in [6.07, 6.45) is 4.28. The molecule has 0 amide bonds. The molecular formula is C17H18N4O3S. The molecule has 1 N–H and O–H groups in total. The minimum Gasteiger partial charge on any atom is -0.485 e. The second kappa shape index (κ2) is 7.35. The molecule has 2 heterocycles. The van der Waals surface area contributed by atoms with E-state index >= 15 is 0 Å². The average molecular weight is 358 g/mol. The second-order valence-electron chi connectivity index (χ2n) is 5.26. The van der Waals surface area contributed by atoms with Crippen LogP contribution in [0.5, 0.6) is 5.75 Å². The summed E-state index contributed by atoms with van der Waals surface area (Å²) in [6, 6.07) is 13.0. The van der Waals surface area contributed by atoms with E-state index in [9.17, 15) is 8.42 Å². The summed E-state index contributed by atoms with van der Waals surface area (Å²) in [5, 5.41) is 3.99.